The third-order valence-corrected chi connectivity index (χ3v) is 5.15. The molecule has 3 rings (SSSR count). The number of benzene rings is 2. The monoisotopic (exact) mass is 359 g/mol. The minimum absolute atomic E-state index is 0.0355. The number of likely N-dealkylation sites (tertiary alicyclic amines) is 1. The van der Waals surface area contributed by atoms with Crippen molar-refractivity contribution in [3.63, 3.8) is 0 Å². The third kappa shape index (κ3) is 5.28. The number of halogens is 2. The Morgan fingerprint density at radius 1 is 0.962 bits per heavy atom. The fraction of sp³-hybridized carbons (Fsp3) is 0.455. The van der Waals surface area contributed by atoms with E-state index in [2.05, 4.69) is 11.8 Å². The molecule has 1 aliphatic heterocycles. The lowest BCUT2D eigenvalue weighted by atomic mass is 9.97. The van der Waals surface area contributed by atoms with Gasteiger partial charge in [0.15, 0.2) is 11.6 Å². The smallest absolute Gasteiger partial charge is 0.168 e. The van der Waals surface area contributed by atoms with Gasteiger partial charge in [-0.25, -0.2) is 8.78 Å². The molecule has 0 aromatic heterocycles. The standard InChI is InChI=1S/C22H27F2NO/c1-17(12-15-25-13-4-2-3-5-14-25)18-6-9-20(10-7-18)26-22-11-8-19(23)16-21(22)24/h6-11,16-17H,2-5,12-15H2,1H3. The van der Waals surface area contributed by atoms with Crippen molar-refractivity contribution in [2.45, 2.75) is 44.9 Å². The Kier molecular flexibility index (Phi) is 6.62. The van der Waals surface area contributed by atoms with Crippen LogP contribution in [0.1, 0.15) is 50.5 Å². The summed E-state index contributed by atoms with van der Waals surface area (Å²) in [5.74, 6) is -0.245. The quantitative estimate of drug-likeness (QED) is 0.615. The summed E-state index contributed by atoms with van der Waals surface area (Å²) in [4.78, 5) is 2.58. The molecule has 0 bridgehead atoms. The Bertz CT molecular complexity index is 694. The third-order valence-electron chi connectivity index (χ3n) is 5.15. The molecule has 0 aliphatic carbocycles. The van der Waals surface area contributed by atoms with Crippen molar-refractivity contribution in [3.05, 3.63) is 59.7 Å². The van der Waals surface area contributed by atoms with Crippen LogP contribution in [0.25, 0.3) is 0 Å². The first kappa shape index (κ1) is 18.8. The summed E-state index contributed by atoms with van der Waals surface area (Å²) in [6.07, 6.45) is 6.50. The average Bonchev–Trinajstić information content (AvgIpc) is 2.91. The zero-order valence-electron chi connectivity index (χ0n) is 15.4. The normalized spacial score (nSPS) is 16.9. The molecule has 0 saturated carbocycles. The van der Waals surface area contributed by atoms with Gasteiger partial charge in [-0.2, -0.15) is 0 Å². The highest BCUT2D eigenvalue weighted by Gasteiger charge is 2.12. The van der Waals surface area contributed by atoms with Crippen LogP contribution in [0.3, 0.4) is 0 Å². The molecule has 2 aromatic rings. The van der Waals surface area contributed by atoms with Gasteiger partial charge in [0, 0.05) is 6.07 Å². The van der Waals surface area contributed by atoms with Gasteiger partial charge in [-0.15, -0.1) is 0 Å². The van der Waals surface area contributed by atoms with Gasteiger partial charge in [-0.05, 0) is 74.6 Å². The van der Waals surface area contributed by atoms with Crippen LogP contribution in [-0.2, 0) is 0 Å². The molecule has 1 heterocycles. The van der Waals surface area contributed by atoms with Gasteiger partial charge >= 0.3 is 0 Å². The van der Waals surface area contributed by atoms with Crippen LogP contribution in [0, 0.1) is 11.6 Å². The minimum atomic E-state index is -0.695. The van der Waals surface area contributed by atoms with Gasteiger partial charge in [-0.3, -0.25) is 0 Å². The first-order valence-corrected chi connectivity index (χ1v) is 9.57. The number of hydrogen-bond acceptors (Lipinski definition) is 2. The van der Waals surface area contributed by atoms with Crippen molar-refractivity contribution in [2.75, 3.05) is 19.6 Å². The van der Waals surface area contributed by atoms with E-state index in [-0.39, 0.29) is 5.75 Å². The number of ether oxygens (including phenoxy) is 1. The highest BCUT2D eigenvalue weighted by molar-refractivity contribution is 5.34. The second-order valence-corrected chi connectivity index (χ2v) is 7.19. The van der Waals surface area contributed by atoms with Crippen molar-refractivity contribution < 1.29 is 13.5 Å². The summed E-state index contributed by atoms with van der Waals surface area (Å²) in [6, 6.07) is 11.1. The van der Waals surface area contributed by atoms with E-state index < -0.39 is 11.6 Å². The van der Waals surface area contributed by atoms with Crippen LogP contribution in [0.5, 0.6) is 11.5 Å². The summed E-state index contributed by atoms with van der Waals surface area (Å²) in [5.41, 5.74) is 1.26. The Hall–Kier alpha value is -1.94. The summed E-state index contributed by atoms with van der Waals surface area (Å²) in [5, 5.41) is 0. The first-order valence-electron chi connectivity index (χ1n) is 9.57. The van der Waals surface area contributed by atoms with Crippen molar-refractivity contribution in [3.8, 4) is 11.5 Å². The second kappa shape index (κ2) is 9.13. The SMILES string of the molecule is CC(CCN1CCCCCC1)c1ccc(Oc2ccc(F)cc2F)cc1. The Morgan fingerprint density at radius 2 is 1.65 bits per heavy atom. The maximum atomic E-state index is 13.7. The van der Waals surface area contributed by atoms with Crippen LogP contribution in [0.15, 0.2) is 42.5 Å². The molecular formula is C22H27F2NO. The van der Waals surface area contributed by atoms with Crippen molar-refractivity contribution in [2.24, 2.45) is 0 Å². The van der Waals surface area contributed by atoms with Crippen molar-refractivity contribution in [1.82, 2.24) is 4.90 Å². The van der Waals surface area contributed by atoms with E-state index >= 15 is 0 Å². The van der Waals surface area contributed by atoms with E-state index in [0.29, 0.717) is 11.7 Å². The highest BCUT2D eigenvalue weighted by atomic mass is 19.1. The van der Waals surface area contributed by atoms with E-state index in [4.69, 9.17) is 4.74 Å². The summed E-state index contributed by atoms with van der Waals surface area (Å²) < 4.78 is 32.2. The van der Waals surface area contributed by atoms with Crippen LogP contribution < -0.4 is 4.74 Å². The molecule has 2 aromatic carbocycles. The van der Waals surface area contributed by atoms with Crippen molar-refractivity contribution >= 4 is 0 Å². The summed E-state index contributed by atoms with van der Waals surface area (Å²) >= 11 is 0. The summed E-state index contributed by atoms with van der Waals surface area (Å²) in [7, 11) is 0. The van der Waals surface area contributed by atoms with Crippen LogP contribution in [-0.4, -0.2) is 24.5 Å². The minimum Gasteiger partial charge on any atom is -0.454 e. The molecule has 26 heavy (non-hydrogen) atoms. The Morgan fingerprint density at radius 3 is 2.31 bits per heavy atom. The largest absolute Gasteiger partial charge is 0.454 e. The molecule has 1 unspecified atom stereocenters. The molecular weight excluding hydrogens is 332 g/mol. The topological polar surface area (TPSA) is 12.5 Å². The van der Waals surface area contributed by atoms with E-state index in [1.54, 1.807) is 0 Å². The van der Waals surface area contributed by atoms with Crippen LogP contribution >= 0.6 is 0 Å². The van der Waals surface area contributed by atoms with Gasteiger partial charge in [0.1, 0.15) is 11.6 Å². The van der Waals surface area contributed by atoms with E-state index in [1.165, 1.54) is 56.5 Å². The van der Waals surface area contributed by atoms with E-state index in [1.807, 2.05) is 24.3 Å². The van der Waals surface area contributed by atoms with Gasteiger partial charge in [-0.1, -0.05) is 31.9 Å². The summed E-state index contributed by atoms with van der Waals surface area (Å²) in [6.45, 7) is 5.83. The second-order valence-electron chi connectivity index (χ2n) is 7.19. The van der Waals surface area contributed by atoms with Gasteiger partial charge in [0.2, 0.25) is 0 Å². The zero-order chi connectivity index (χ0) is 18.4. The van der Waals surface area contributed by atoms with Crippen molar-refractivity contribution in [1.29, 1.82) is 0 Å². The number of nitrogens with zero attached hydrogens (tertiary/aromatic N) is 1. The molecule has 1 saturated heterocycles. The van der Waals surface area contributed by atoms with Gasteiger partial charge < -0.3 is 9.64 Å². The Labute approximate surface area is 154 Å². The predicted octanol–water partition coefficient (Wildman–Crippen LogP) is 6.13. The average molecular weight is 359 g/mol. The molecule has 2 nitrogen and oxygen atoms in total. The molecule has 4 heteroatoms. The highest BCUT2D eigenvalue weighted by Crippen LogP contribution is 2.27. The first-order chi connectivity index (χ1) is 12.6. The fourth-order valence-electron chi connectivity index (χ4n) is 3.45. The molecule has 1 aliphatic rings. The molecule has 0 spiro atoms. The predicted molar refractivity (Wildman–Crippen MR) is 101 cm³/mol. The van der Waals surface area contributed by atoms with Crippen LogP contribution in [0.2, 0.25) is 0 Å². The lowest BCUT2D eigenvalue weighted by Crippen LogP contribution is -2.26. The van der Waals surface area contributed by atoms with Gasteiger partial charge in [0.05, 0.1) is 0 Å². The molecule has 0 N–H and O–H groups in total. The van der Waals surface area contributed by atoms with E-state index in [9.17, 15) is 8.78 Å². The molecule has 0 amide bonds. The van der Waals surface area contributed by atoms with Gasteiger partial charge in [0.25, 0.3) is 0 Å². The maximum absolute atomic E-state index is 13.7. The maximum Gasteiger partial charge on any atom is 0.168 e. The van der Waals surface area contributed by atoms with Crippen LogP contribution in [0.4, 0.5) is 8.78 Å². The zero-order valence-corrected chi connectivity index (χ0v) is 15.4. The Balaban J connectivity index is 1.54. The molecule has 1 atom stereocenters. The lowest BCUT2D eigenvalue weighted by molar-refractivity contribution is 0.275. The molecule has 140 valence electrons. The molecule has 0 radical (unpaired) electrons. The number of hydrogen-bond donors (Lipinski definition) is 0. The fourth-order valence-corrected chi connectivity index (χ4v) is 3.45. The number of rotatable bonds is 6. The molecule has 1 fully saturated rings. The lowest BCUT2D eigenvalue weighted by Gasteiger charge is -2.22. The van der Waals surface area contributed by atoms with E-state index in [0.717, 1.165) is 19.0 Å².